The summed E-state index contributed by atoms with van der Waals surface area (Å²) in [7, 11) is 0. The number of carboxylic acid groups (broad SMARTS) is 1. The molecule has 20 heavy (non-hydrogen) atoms. The van der Waals surface area contributed by atoms with Crippen LogP contribution in [0.4, 0.5) is 0 Å². The Morgan fingerprint density at radius 2 is 1.00 bits per heavy atom. The number of carboxylic acids is 1. The van der Waals surface area contributed by atoms with E-state index in [0.717, 1.165) is 24.7 Å². The Morgan fingerprint density at radius 1 is 0.800 bits per heavy atom. The second kappa shape index (κ2) is 14.0. The van der Waals surface area contributed by atoms with Crippen molar-refractivity contribution < 1.29 is 9.90 Å². The van der Waals surface area contributed by atoms with Crippen molar-refractivity contribution in [2.45, 2.75) is 83.5 Å². The first kappa shape index (κ1) is 22.3. The van der Waals surface area contributed by atoms with Crippen molar-refractivity contribution in [1.82, 2.24) is 0 Å². The summed E-state index contributed by atoms with van der Waals surface area (Å²) in [6.07, 6.45) is 4.47. The second-order valence-corrected chi connectivity index (χ2v) is 13.4. The second-order valence-electron chi connectivity index (χ2n) is 7.07. The number of hydrogen-bond acceptors (Lipinski definition) is 1. The molecule has 0 unspecified atom stereocenters. The van der Waals surface area contributed by atoms with Gasteiger partial charge in [-0.3, -0.25) is 4.79 Å². The molecule has 0 saturated heterocycles. The van der Waals surface area contributed by atoms with E-state index in [-0.39, 0.29) is 0 Å². The summed E-state index contributed by atoms with van der Waals surface area (Å²) >= 11 is -0.681. The summed E-state index contributed by atoms with van der Waals surface area (Å²) in [5, 5.41) is 12.3. The number of rotatable bonds is 9. The Bertz CT molecular complexity index is 193. The van der Waals surface area contributed by atoms with Gasteiger partial charge < -0.3 is 5.11 Å². The van der Waals surface area contributed by atoms with E-state index in [9.17, 15) is 0 Å². The van der Waals surface area contributed by atoms with Crippen LogP contribution in [-0.4, -0.2) is 25.4 Å². The van der Waals surface area contributed by atoms with Crippen molar-refractivity contribution in [2.24, 2.45) is 17.8 Å². The molecule has 0 aliphatic carbocycles. The standard InChI is InChI=1S/C15H33Ge.C2H4O2/c1-13(2)7-10-16(11-8-14(3)4)12-9-15(5)6;1-2(3)4/h13-15H,7-12H2,1-6H3;1H3,(H,3,4). The number of aliphatic carboxylic acids is 1. The van der Waals surface area contributed by atoms with Gasteiger partial charge in [0.05, 0.1) is 0 Å². The van der Waals surface area contributed by atoms with Gasteiger partial charge in [-0.1, -0.05) is 0 Å². The van der Waals surface area contributed by atoms with E-state index in [2.05, 4.69) is 41.5 Å². The molecule has 2 nitrogen and oxygen atoms in total. The van der Waals surface area contributed by atoms with Crippen molar-refractivity contribution in [1.29, 1.82) is 0 Å². The Balaban J connectivity index is 0. The van der Waals surface area contributed by atoms with Crippen LogP contribution in [0.2, 0.25) is 15.8 Å². The fourth-order valence-corrected chi connectivity index (χ4v) is 9.63. The van der Waals surface area contributed by atoms with E-state index in [1.807, 2.05) is 0 Å². The van der Waals surface area contributed by atoms with Gasteiger partial charge in [0, 0.05) is 6.92 Å². The molecule has 0 aliphatic rings. The third-order valence-corrected chi connectivity index (χ3v) is 9.49. The average Bonchev–Trinajstić information content (AvgIpc) is 2.26. The maximum atomic E-state index is 9.00. The molecule has 0 spiro atoms. The molecule has 0 bridgehead atoms. The molecule has 0 aliphatic heterocycles. The summed E-state index contributed by atoms with van der Waals surface area (Å²) in [6, 6.07) is 0. The molecule has 0 aromatic rings. The number of carbonyl (C=O) groups is 1. The third kappa shape index (κ3) is 23.1. The predicted molar refractivity (Wildman–Crippen MR) is 91.8 cm³/mol. The minimum atomic E-state index is -0.833. The van der Waals surface area contributed by atoms with Crippen LogP contribution < -0.4 is 0 Å². The van der Waals surface area contributed by atoms with E-state index >= 15 is 0 Å². The van der Waals surface area contributed by atoms with Crippen LogP contribution in [0, 0.1) is 17.8 Å². The Kier molecular flexibility index (Phi) is 15.6. The van der Waals surface area contributed by atoms with Gasteiger partial charge in [-0.2, -0.15) is 0 Å². The first-order chi connectivity index (χ1) is 9.15. The number of hydrogen-bond donors (Lipinski definition) is 1. The van der Waals surface area contributed by atoms with Gasteiger partial charge in [0.15, 0.2) is 0 Å². The molecule has 0 aromatic heterocycles. The molecular formula is C17H37GeO2. The van der Waals surface area contributed by atoms with Gasteiger partial charge in [-0.05, 0) is 0 Å². The summed E-state index contributed by atoms with van der Waals surface area (Å²) in [5.41, 5.74) is 0. The van der Waals surface area contributed by atoms with Gasteiger partial charge >= 0.3 is 109 Å². The summed E-state index contributed by atoms with van der Waals surface area (Å²) in [6.45, 7) is 15.3. The average molecular weight is 346 g/mol. The van der Waals surface area contributed by atoms with Gasteiger partial charge in [0.1, 0.15) is 0 Å². The molecular weight excluding hydrogens is 309 g/mol. The molecule has 0 heterocycles. The third-order valence-electron chi connectivity index (χ3n) is 3.23. The van der Waals surface area contributed by atoms with E-state index in [4.69, 9.17) is 9.90 Å². The Hall–Kier alpha value is 0.0129. The summed E-state index contributed by atoms with van der Waals surface area (Å²) < 4.78 is 0. The van der Waals surface area contributed by atoms with Crippen LogP contribution in [0.3, 0.4) is 0 Å². The van der Waals surface area contributed by atoms with Gasteiger partial charge in [-0.25, -0.2) is 0 Å². The minimum absolute atomic E-state index is 0.681. The van der Waals surface area contributed by atoms with Crippen LogP contribution in [0.15, 0.2) is 0 Å². The van der Waals surface area contributed by atoms with Crippen LogP contribution in [-0.2, 0) is 4.79 Å². The van der Waals surface area contributed by atoms with Crippen molar-refractivity contribution in [3.05, 3.63) is 0 Å². The Labute approximate surface area is 131 Å². The predicted octanol–water partition coefficient (Wildman–Crippen LogP) is 5.71. The fourth-order valence-electron chi connectivity index (χ4n) is 1.85. The van der Waals surface area contributed by atoms with Crippen molar-refractivity contribution >= 4 is 20.3 Å². The van der Waals surface area contributed by atoms with E-state index < -0.39 is 20.3 Å². The molecule has 1 N–H and O–H groups in total. The zero-order valence-corrected chi connectivity index (χ0v) is 16.9. The van der Waals surface area contributed by atoms with E-state index in [1.165, 1.54) is 19.3 Å². The molecule has 0 aromatic carbocycles. The molecule has 0 rings (SSSR count). The van der Waals surface area contributed by atoms with Gasteiger partial charge in [-0.15, -0.1) is 0 Å². The van der Waals surface area contributed by atoms with Crippen LogP contribution in [0.5, 0.6) is 0 Å². The van der Waals surface area contributed by atoms with E-state index in [1.54, 1.807) is 15.8 Å². The molecule has 0 amide bonds. The molecule has 1 radical (unpaired) electrons. The van der Waals surface area contributed by atoms with Crippen molar-refractivity contribution in [3.8, 4) is 0 Å². The fraction of sp³-hybridized carbons (Fsp3) is 0.941. The van der Waals surface area contributed by atoms with Crippen molar-refractivity contribution in [3.63, 3.8) is 0 Å². The zero-order chi connectivity index (χ0) is 16.1. The summed E-state index contributed by atoms with van der Waals surface area (Å²) in [4.78, 5) is 9.00. The van der Waals surface area contributed by atoms with Crippen LogP contribution in [0.1, 0.15) is 67.7 Å². The molecule has 0 fully saturated rings. The Morgan fingerprint density at radius 3 is 1.15 bits per heavy atom. The van der Waals surface area contributed by atoms with Crippen LogP contribution >= 0.6 is 0 Å². The van der Waals surface area contributed by atoms with Gasteiger partial charge in [0.2, 0.25) is 0 Å². The van der Waals surface area contributed by atoms with E-state index in [0.29, 0.717) is 0 Å². The molecule has 121 valence electrons. The monoisotopic (exact) mass is 347 g/mol. The SMILES string of the molecule is CC(=O)O.CC(C)C[CH2][Ge]([CH2]CC(C)C)[CH2]CC(C)C. The van der Waals surface area contributed by atoms with Crippen molar-refractivity contribution in [2.75, 3.05) is 0 Å². The molecule has 3 heteroatoms. The molecule has 0 saturated carbocycles. The topological polar surface area (TPSA) is 37.3 Å². The zero-order valence-electron chi connectivity index (χ0n) is 14.8. The molecule has 0 atom stereocenters. The first-order valence-electron chi connectivity index (χ1n) is 8.18. The summed E-state index contributed by atoms with van der Waals surface area (Å²) in [5.74, 6) is 1.92. The quantitative estimate of drug-likeness (QED) is 0.543. The first-order valence-corrected chi connectivity index (χ1v) is 12.6. The maximum absolute atomic E-state index is 9.00. The normalized spacial score (nSPS) is 11.2. The van der Waals surface area contributed by atoms with Gasteiger partial charge in [0.25, 0.3) is 5.97 Å². The van der Waals surface area contributed by atoms with Crippen LogP contribution in [0.25, 0.3) is 0 Å².